The van der Waals surface area contributed by atoms with Crippen molar-refractivity contribution in [1.82, 2.24) is 4.90 Å². The molecule has 0 aliphatic carbocycles. The summed E-state index contributed by atoms with van der Waals surface area (Å²) in [6.45, 7) is 2.03. The highest BCUT2D eigenvalue weighted by Crippen LogP contribution is 2.32. The highest BCUT2D eigenvalue weighted by atomic mass is 16.3. The molecule has 0 aromatic carbocycles. The van der Waals surface area contributed by atoms with Crippen molar-refractivity contribution in [3.63, 3.8) is 0 Å². The average Bonchev–Trinajstić information content (AvgIpc) is 2.77. The maximum absolute atomic E-state index is 12.0. The number of Topliss-reactive ketones (excluding diaryl/α,β-unsaturated/α-hetero) is 1. The number of hydrogen-bond donors (Lipinski definition) is 0. The SMILES string of the molecule is O=C1C(=Cc2ccco2)N2CCC1CC2. The first-order valence-electron chi connectivity index (χ1n) is 5.39. The van der Waals surface area contributed by atoms with Gasteiger partial charge in [-0.25, -0.2) is 0 Å². The third-order valence-corrected chi connectivity index (χ3v) is 3.28. The normalized spacial score (nSPS) is 24.1. The van der Waals surface area contributed by atoms with Crippen LogP contribution in [0.15, 0.2) is 28.5 Å². The molecule has 0 N–H and O–H groups in total. The van der Waals surface area contributed by atoms with Crippen molar-refractivity contribution < 1.29 is 9.21 Å². The van der Waals surface area contributed by atoms with E-state index in [0.29, 0.717) is 5.78 Å². The lowest BCUT2D eigenvalue weighted by molar-refractivity contribution is -0.125. The van der Waals surface area contributed by atoms with Gasteiger partial charge in [-0.1, -0.05) is 0 Å². The molecule has 4 heterocycles. The van der Waals surface area contributed by atoms with Crippen molar-refractivity contribution in [1.29, 1.82) is 0 Å². The molecule has 3 aliphatic rings. The van der Waals surface area contributed by atoms with E-state index >= 15 is 0 Å². The Morgan fingerprint density at radius 1 is 1.40 bits per heavy atom. The first-order chi connectivity index (χ1) is 7.34. The van der Waals surface area contributed by atoms with E-state index in [1.165, 1.54) is 0 Å². The van der Waals surface area contributed by atoms with Crippen LogP contribution in [0, 0.1) is 5.92 Å². The quantitative estimate of drug-likeness (QED) is 0.654. The van der Waals surface area contributed by atoms with Crippen LogP contribution in [0.4, 0.5) is 0 Å². The van der Waals surface area contributed by atoms with Gasteiger partial charge in [0.25, 0.3) is 0 Å². The third-order valence-electron chi connectivity index (χ3n) is 3.28. The van der Waals surface area contributed by atoms with E-state index in [1.54, 1.807) is 6.26 Å². The summed E-state index contributed by atoms with van der Waals surface area (Å²) in [5, 5.41) is 0. The Labute approximate surface area is 88.4 Å². The molecular weight excluding hydrogens is 190 g/mol. The lowest BCUT2D eigenvalue weighted by Gasteiger charge is -2.40. The predicted octanol–water partition coefficient (Wildman–Crippen LogP) is 1.92. The predicted molar refractivity (Wildman–Crippen MR) is 56.0 cm³/mol. The zero-order valence-electron chi connectivity index (χ0n) is 8.48. The summed E-state index contributed by atoms with van der Waals surface area (Å²) in [5.41, 5.74) is 0.840. The maximum Gasteiger partial charge on any atom is 0.182 e. The average molecular weight is 203 g/mol. The van der Waals surface area contributed by atoms with Gasteiger partial charge in [0.15, 0.2) is 5.78 Å². The molecule has 3 aliphatic heterocycles. The highest BCUT2D eigenvalue weighted by molar-refractivity contribution is 6.01. The summed E-state index contributed by atoms with van der Waals surface area (Å²) in [6.07, 6.45) is 5.55. The van der Waals surface area contributed by atoms with Gasteiger partial charge >= 0.3 is 0 Å². The molecule has 1 aromatic rings. The summed E-state index contributed by atoms with van der Waals surface area (Å²) in [6, 6.07) is 3.72. The number of carbonyl (C=O) groups is 1. The van der Waals surface area contributed by atoms with E-state index in [1.807, 2.05) is 18.2 Å². The van der Waals surface area contributed by atoms with Crippen LogP contribution in [-0.2, 0) is 4.79 Å². The summed E-state index contributed by atoms with van der Waals surface area (Å²) in [7, 11) is 0. The molecule has 0 unspecified atom stereocenters. The number of ketones is 1. The maximum atomic E-state index is 12.0. The Morgan fingerprint density at radius 2 is 2.20 bits per heavy atom. The molecule has 0 radical (unpaired) electrons. The van der Waals surface area contributed by atoms with Crippen LogP contribution in [0.5, 0.6) is 0 Å². The molecule has 0 amide bonds. The van der Waals surface area contributed by atoms with Crippen molar-refractivity contribution in [3.8, 4) is 0 Å². The molecule has 3 fully saturated rings. The van der Waals surface area contributed by atoms with Crippen LogP contribution in [0.1, 0.15) is 18.6 Å². The highest BCUT2D eigenvalue weighted by Gasteiger charge is 2.36. The van der Waals surface area contributed by atoms with Gasteiger partial charge < -0.3 is 9.32 Å². The van der Waals surface area contributed by atoms with Crippen LogP contribution in [0.3, 0.4) is 0 Å². The van der Waals surface area contributed by atoms with E-state index in [2.05, 4.69) is 4.90 Å². The Balaban J connectivity index is 1.95. The first-order valence-corrected chi connectivity index (χ1v) is 5.39. The number of furan rings is 1. The molecule has 0 spiro atoms. The fourth-order valence-corrected chi connectivity index (χ4v) is 2.42. The van der Waals surface area contributed by atoms with Crippen molar-refractivity contribution in [3.05, 3.63) is 29.9 Å². The second-order valence-electron chi connectivity index (χ2n) is 4.17. The minimum absolute atomic E-state index is 0.260. The van der Waals surface area contributed by atoms with Gasteiger partial charge in [0, 0.05) is 25.1 Å². The Hall–Kier alpha value is -1.51. The van der Waals surface area contributed by atoms with Crippen molar-refractivity contribution in [2.45, 2.75) is 12.8 Å². The van der Waals surface area contributed by atoms with Crippen molar-refractivity contribution in [2.75, 3.05) is 13.1 Å². The summed E-state index contributed by atoms with van der Waals surface area (Å²) in [4.78, 5) is 14.1. The molecular formula is C12H13NO2. The van der Waals surface area contributed by atoms with Gasteiger partial charge in [-0.2, -0.15) is 0 Å². The third kappa shape index (κ3) is 1.39. The van der Waals surface area contributed by atoms with E-state index in [-0.39, 0.29) is 5.92 Å². The monoisotopic (exact) mass is 203 g/mol. The second-order valence-corrected chi connectivity index (χ2v) is 4.17. The van der Waals surface area contributed by atoms with Crippen LogP contribution in [0.2, 0.25) is 0 Å². The molecule has 2 bridgehead atoms. The number of nitrogens with zero attached hydrogens (tertiary/aromatic N) is 1. The fourth-order valence-electron chi connectivity index (χ4n) is 2.42. The second kappa shape index (κ2) is 3.26. The number of allylic oxidation sites excluding steroid dienone is 1. The molecule has 4 rings (SSSR count). The van der Waals surface area contributed by atoms with Gasteiger partial charge in [0.1, 0.15) is 5.76 Å². The molecule has 3 heteroatoms. The molecule has 0 saturated carbocycles. The number of fused-ring (bicyclic) bond motifs is 3. The summed E-state index contributed by atoms with van der Waals surface area (Å²) >= 11 is 0. The Morgan fingerprint density at radius 3 is 2.80 bits per heavy atom. The van der Waals surface area contributed by atoms with Gasteiger partial charge in [-0.3, -0.25) is 4.79 Å². The van der Waals surface area contributed by atoms with Gasteiger partial charge in [0.05, 0.1) is 12.0 Å². The largest absolute Gasteiger partial charge is 0.465 e. The smallest absolute Gasteiger partial charge is 0.182 e. The standard InChI is InChI=1S/C12H13NO2/c14-12-9-3-5-13(6-4-9)11(12)8-10-2-1-7-15-10/h1-2,7-9H,3-6H2. The van der Waals surface area contributed by atoms with Crippen LogP contribution < -0.4 is 0 Å². The molecule has 0 atom stereocenters. The van der Waals surface area contributed by atoms with E-state index in [4.69, 9.17) is 4.42 Å². The zero-order chi connectivity index (χ0) is 10.3. The Bertz CT molecular complexity index is 397. The molecule has 1 aromatic heterocycles. The minimum Gasteiger partial charge on any atom is -0.465 e. The van der Waals surface area contributed by atoms with Gasteiger partial charge in [-0.05, 0) is 25.0 Å². The van der Waals surface area contributed by atoms with E-state index in [9.17, 15) is 4.79 Å². The van der Waals surface area contributed by atoms with Crippen molar-refractivity contribution in [2.24, 2.45) is 5.92 Å². The molecule has 3 saturated heterocycles. The topological polar surface area (TPSA) is 33.5 Å². The fraction of sp³-hybridized carbons (Fsp3) is 0.417. The lowest BCUT2D eigenvalue weighted by atomic mass is 9.84. The number of piperidine rings is 3. The Kier molecular flexibility index (Phi) is 1.91. The summed E-state index contributed by atoms with van der Waals surface area (Å²) < 4.78 is 5.24. The van der Waals surface area contributed by atoms with Gasteiger partial charge in [-0.15, -0.1) is 0 Å². The number of rotatable bonds is 1. The first kappa shape index (κ1) is 8.77. The zero-order valence-corrected chi connectivity index (χ0v) is 8.48. The summed E-state index contributed by atoms with van der Waals surface area (Å²) in [5.74, 6) is 1.33. The van der Waals surface area contributed by atoms with Gasteiger partial charge in [0.2, 0.25) is 0 Å². The number of hydrogen-bond acceptors (Lipinski definition) is 3. The van der Waals surface area contributed by atoms with E-state index in [0.717, 1.165) is 37.4 Å². The number of carbonyl (C=O) groups excluding carboxylic acids is 1. The minimum atomic E-state index is 0.260. The van der Waals surface area contributed by atoms with Crippen LogP contribution in [-0.4, -0.2) is 23.8 Å². The lowest BCUT2D eigenvalue weighted by Crippen LogP contribution is -2.45. The van der Waals surface area contributed by atoms with Crippen LogP contribution in [0.25, 0.3) is 6.08 Å². The molecule has 15 heavy (non-hydrogen) atoms. The van der Waals surface area contributed by atoms with Crippen LogP contribution >= 0.6 is 0 Å². The molecule has 3 nitrogen and oxygen atoms in total. The molecule has 78 valence electrons. The van der Waals surface area contributed by atoms with Crippen molar-refractivity contribution >= 4 is 11.9 Å². The van der Waals surface area contributed by atoms with E-state index < -0.39 is 0 Å².